The van der Waals surface area contributed by atoms with Crippen LogP contribution in [-0.2, 0) is 0 Å². The standard InChI is InChI=1S/C16H10.2C4H11N/c1-3-11-7-9-13-5-2-6-14-10-8-12(4-1)15(11)16(13)14;2*1-4-5(2)3/h1-10H;2*4H2,1-3H3. The van der Waals surface area contributed by atoms with Crippen LogP contribution in [0, 0.1) is 0 Å². The highest BCUT2D eigenvalue weighted by atomic mass is 15.0. The lowest BCUT2D eigenvalue weighted by Gasteiger charge is -2.09. The van der Waals surface area contributed by atoms with Crippen molar-refractivity contribution in [2.75, 3.05) is 41.3 Å². The van der Waals surface area contributed by atoms with Crippen molar-refractivity contribution in [3.05, 3.63) is 60.7 Å². The van der Waals surface area contributed by atoms with E-state index in [0.717, 1.165) is 13.1 Å². The Morgan fingerprint density at radius 3 is 0.923 bits per heavy atom. The van der Waals surface area contributed by atoms with E-state index >= 15 is 0 Å². The second-order valence-electron chi connectivity index (χ2n) is 7.08. The van der Waals surface area contributed by atoms with E-state index in [-0.39, 0.29) is 0 Å². The summed E-state index contributed by atoms with van der Waals surface area (Å²) in [6, 6.07) is 21.9. The Morgan fingerprint density at radius 1 is 0.500 bits per heavy atom. The first-order valence-electron chi connectivity index (χ1n) is 9.39. The average molecular weight is 349 g/mol. The van der Waals surface area contributed by atoms with Gasteiger partial charge in [-0.15, -0.1) is 0 Å². The van der Waals surface area contributed by atoms with E-state index in [1.54, 1.807) is 0 Å². The lowest BCUT2D eigenvalue weighted by molar-refractivity contribution is 0.434. The second-order valence-corrected chi connectivity index (χ2v) is 7.08. The number of hydrogen-bond acceptors (Lipinski definition) is 2. The summed E-state index contributed by atoms with van der Waals surface area (Å²) in [5.74, 6) is 0. The normalized spacial score (nSPS) is 10.9. The monoisotopic (exact) mass is 348 g/mol. The Balaban J connectivity index is 0.000000205. The van der Waals surface area contributed by atoms with Gasteiger partial charge in [-0.2, -0.15) is 0 Å². The zero-order valence-electron chi connectivity index (χ0n) is 17.1. The molecule has 0 amide bonds. The summed E-state index contributed by atoms with van der Waals surface area (Å²) in [4.78, 5) is 4.25. The first-order valence-corrected chi connectivity index (χ1v) is 9.39. The first-order chi connectivity index (χ1) is 12.5. The molecule has 0 aromatic heterocycles. The highest BCUT2D eigenvalue weighted by Crippen LogP contribution is 2.33. The van der Waals surface area contributed by atoms with Crippen molar-refractivity contribution in [2.24, 2.45) is 0 Å². The molecule has 26 heavy (non-hydrogen) atoms. The molecule has 2 heteroatoms. The molecule has 0 bridgehead atoms. The van der Waals surface area contributed by atoms with Crippen LogP contribution in [0.5, 0.6) is 0 Å². The summed E-state index contributed by atoms with van der Waals surface area (Å²) in [6.07, 6.45) is 0. The predicted molar refractivity (Wildman–Crippen MR) is 119 cm³/mol. The van der Waals surface area contributed by atoms with E-state index in [4.69, 9.17) is 0 Å². The minimum absolute atomic E-state index is 1.14. The first kappa shape index (κ1) is 20.2. The van der Waals surface area contributed by atoms with Crippen LogP contribution in [0.3, 0.4) is 0 Å². The van der Waals surface area contributed by atoms with Gasteiger partial charge in [0.15, 0.2) is 0 Å². The molecule has 0 atom stereocenters. The van der Waals surface area contributed by atoms with Gasteiger partial charge >= 0.3 is 0 Å². The van der Waals surface area contributed by atoms with Crippen LogP contribution in [0.15, 0.2) is 60.7 Å². The molecule has 4 rings (SSSR count). The van der Waals surface area contributed by atoms with Gasteiger partial charge in [0.1, 0.15) is 0 Å². The summed E-state index contributed by atoms with van der Waals surface area (Å²) in [5, 5.41) is 8.14. The number of nitrogens with zero attached hydrogens (tertiary/aromatic N) is 2. The van der Waals surface area contributed by atoms with Crippen molar-refractivity contribution in [3.8, 4) is 0 Å². The number of rotatable bonds is 2. The Kier molecular flexibility index (Phi) is 7.38. The zero-order chi connectivity index (χ0) is 19.1. The van der Waals surface area contributed by atoms with Gasteiger partial charge in [-0.3, -0.25) is 0 Å². The molecule has 0 aliphatic heterocycles. The smallest absolute Gasteiger partial charge is 0.00268 e. The second kappa shape index (κ2) is 9.51. The molecule has 0 heterocycles. The minimum Gasteiger partial charge on any atom is -0.310 e. The molecule has 0 aliphatic rings. The molecule has 0 unspecified atom stereocenters. The van der Waals surface area contributed by atoms with Crippen molar-refractivity contribution < 1.29 is 0 Å². The van der Waals surface area contributed by atoms with Crippen molar-refractivity contribution in [1.29, 1.82) is 0 Å². The van der Waals surface area contributed by atoms with Crippen molar-refractivity contribution in [2.45, 2.75) is 13.8 Å². The molecule has 0 saturated heterocycles. The molecule has 4 aromatic rings. The predicted octanol–water partition coefficient (Wildman–Crippen LogP) is 5.72. The molecule has 0 aliphatic carbocycles. The van der Waals surface area contributed by atoms with Crippen molar-refractivity contribution >= 4 is 32.3 Å². The third kappa shape index (κ3) is 4.94. The van der Waals surface area contributed by atoms with Crippen LogP contribution in [0.4, 0.5) is 0 Å². The lowest BCUT2D eigenvalue weighted by Crippen LogP contribution is -2.08. The van der Waals surface area contributed by atoms with E-state index in [2.05, 4.69) is 113 Å². The van der Waals surface area contributed by atoms with Gasteiger partial charge < -0.3 is 9.80 Å². The average Bonchev–Trinajstić information content (AvgIpc) is 2.67. The van der Waals surface area contributed by atoms with Gasteiger partial charge in [0.2, 0.25) is 0 Å². The topological polar surface area (TPSA) is 6.48 Å². The number of hydrogen-bond donors (Lipinski definition) is 0. The van der Waals surface area contributed by atoms with Crippen LogP contribution < -0.4 is 0 Å². The molecule has 4 aromatic carbocycles. The molecule has 0 fully saturated rings. The van der Waals surface area contributed by atoms with Gasteiger partial charge in [-0.05, 0) is 73.6 Å². The van der Waals surface area contributed by atoms with Crippen LogP contribution in [-0.4, -0.2) is 51.1 Å². The van der Waals surface area contributed by atoms with E-state index < -0.39 is 0 Å². The fourth-order valence-electron chi connectivity index (χ4n) is 2.67. The minimum atomic E-state index is 1.14. The van der Waals surface area contributed by atoms with E-state index in [9.17, 15) is 0 Å². The van der Waals surface area contributed by atoms with E-state index in [1.165, 1.54) is 32.3 Å². The molecule has 0 saturated carbocycles. The Morgan fingerprint density at radius 2 is 0.731 bits per heavy atom. The van der Waals surface area contributed by atoms with E-state index in [1.807, 2.05) is 0 Å². The molecular formula is C24H32N2. The van der Waals surface area contributed by atoms with Gasteiger partial charge in [0.25, 0.3) is 0 Å². The lowest BCUT2D eigenvalue weighted by atomic mass is 9.95. The van der Waals surface area contributed by atoms with E-state index in [0.29, 0.717) is 0 Å². The maximum absolute atomic E-state index is 2.21. The third-order valence-electron chi connectivity index (χ3n) is 4.66. The SMILES string of the molecule is CCN(C)C.CCN(C)C.c1cc2ccc3cccc4ccc(c1)c2c34. The van der Waals surface area contributed by atoms with Gasteiger partial charge in [0.05, 0.1) is 0 Å². The summed E-state index contributed by atoms with van der Waals surface area (Å²) < 4.78 is 0. The fraction of sp³-hybridized carbons (Fsp3) is 0.333. The van der Waals surface area contributed by atoms with Crippen molar-refractivity contribution in [1.82, 2.24) is 9.80 Å². The molecule has 0 radical (unpaired) electrons. The quantitative estimate of drug-likeness (QED) is 0.427. The molecule has 0 spiro atoms. The number of benzene rings is 4. The molecule has 2 nitrogen and oxygen atoms in total. The third-order valence-corrected chi connectivity index (χ3v) is 4.66. The largest absolute Gasteiger partial charge is 0.310 e. The van der Waals surface area contributed by atoms with Gasteiger partial charge in [-0.25, -0.2) is 0 Å². The van der Waals surface area contributed by atoms with Crippen LogP contribution in [0.1, 0.15) is 13.8 Å². The molecule has 0 N–H and O–H groups in total. The molecule has 138 valence electrons. The fourth-order valence-corrected chi connectivity index (χ4v) is 2.67. The van der Waals surface area contributed by atoms with Crippen LogP contribution in [0.2, 0.25) is 0 Å². The van der Waals surface area contributed by atoms with Gasteiger partial charge in [-0.1, -0.05) is 74.5 Å². The van der Waals surface area contributed by atoms with Crippen molar-refractivity contribution in [3.63, 3.8) is 0 Å². The summed E-state index contributed by atoms with van der Waals surface area (Å²) in [5.41, 5.74) is 0. The summed E-state index contributed by atoms with van der Waals surface area (Å²) >= 11 is 0. The van der Waals surface area contributed by atoms with Gasteiger partial charge in [0, 0.05) is 0 Å². The Bertz CT molecular complexity index is 787. The highest BCUT2D eigenvalue weighted by Gasteiger charge is 2.05. The summed E-state index contributed by atoms with van der Waals surface area (Å²) in [7, 11) is 8.22. The Hall–Kier alpha value is -2.16. The van der Waals surface area contributed by atoms with Crippen LogP contribution >= 0.6 is 0 Å². The zero-order valence-corrected chi connectivity index (χ0v) is 17.1. The Labute approximate surface area is 158 Å². The highest BCUT2D eigenvalue weighted by molar-refractivity contribution is 6.22. The van der Waals surface area contributed by atoms with Crippen LogP contribution in [0.25, 0.3) is 32.3 Å². The maximum Gasteiger partial charge on any atom is -0.00268 e. The molecular weight excluding hydrogens is 316 g/mol. The maximum atomic E-state index is 2.21. The summed E-state index contributed by atoms with van der Waals surface area (Å²) in [6.45, 7) is 6.53.